The normalized spacial score (nSPS) is 16.0. The number of carbonyl (C=O) groups is 3. The van der Waals surface area contributed by atoms with E-state index in [0.29, 0.717) is 10.5 Å². The van der Waals surface area contributed by atoms with Gasteiger partial charge in [0.1, 0.15) is 0 Å². The first-order chi connectivity index (χ1) is 11.5. The molecule has 1 heterocycles. The Bertz CT molecular complexity index is 825. The van der Waals surface area contributed by atoms with Crippen LogP contribution in [0.3, 0.4) is 0 Å². The van der Waals surface area contributed by atoms with E-state index in [1.165, 1.54) is 0 Å². The Morgan fingerprint density at radius 3 is 2.38 bits per heavy atom. The molecule has 0 spiro atoms. The maximum atomic E-state index is 12.4. The van der Waals surface area contributed by atoms with Crippen LogP contribution in [0, 0.1) is 6.92 Å². The number of thioether (sulfide) groups is 1. The summed E-state index contributed by atoms with van der Waals surface area (Å²) >= 11 is 0.864. The number of carbonyl (C=O) groups excluding carboxylic acids is 3. The highest BCUT2D eigenvalue weighted by Crippen LogP contribution is 2.32. The van der Waals surface area contributed by atoms with Crippen LogP contribution in [0.5, 0.6) is 0 Å². The summed E-state index contributed by atoms with van der Waals surface area (Å²) in [5.41, 5.74) is 2.45. The largest absolute Gasteiger partial charge is 0.293 e. The minimum atomic E-state index is -0.421. The summed E-state index contributed by atoms with van der Waals surface area (Å²) in [5, 5.41) is -0.414. The number of ketones is 1. The average Bonchev–Trinajstić information content (AvgIpc) is 2.85. The lowest BCUT2D eigenvalue weighted by atomic mass is 10.1. The van der Waals surface area contributed by atoms with Crippen LogP contribution < -0.4 is 0 Å². The average molecular weight is 337 g/mol. The van der Waals surface area contributed by atoms with Gasteiger partial charge in [-0.1, -0.05) is 60.2 Å². The van der Waals surface area contributed by atoms with Crippen LogP contribution in [0.15, 0.2) is 59.5 Å². The molecule has 1 aliphatic heterocycles. The van der Waals surface area contributed by atoms with Crippen molar-refractivity contribution < 1.29 is 14.4 Å². The van der Waals surface area contributed by atoms with Crippen LogP contribution in [0.4, 0.5) is 4.79 Å². The van der Waals surface area contributed by atoms with Gasteiger partial charge in [-0.05, 0) is 30.3 Å². The molecule has 0 unspecified atom stereocenters. The van der Waals surface area contributed by atoms with Gasteiger partial charge in [-0.3, -0.25) is 19.3 Å². The fourth-order valence-corrected chi connectivity index (χ4v) is 3.15. The van der Waals surface area contributed by atoms with Gasteiger partial charge >= 0.3 is 0 Å². The monoisotopic (exact) mass is 337 g/mol. The van der Waals surface area contributed by atoms with Gasteiger partial charge in [-0.25, -0.2) is 0 Å². The highest BCUT2D eigenvalue weighted by Gasteiger charge is 2.36. The van der Waals surface area contributed by atoms with Crippen LogP contribution >= 0.6 is 11.8 Å². The SMILES string of the molecule is Cc1ccc(/C=C2/SC(=O)N(CC(=O)c3ccccc3)C2=O)cc1. The molecule has 5 heteroatoms. The molecule has 120 valence electrons. The minimum Gasteiger partial charge on any atom is -0.292 e. The summed E-state index contributed by atoms with van der Waals surface area (Å²) < 4.78 is 0. The summed E-state index contributed by atoms with van der Waals surface area (Å²) in [4.78, 5) is 38.1. The molecule has 24 heavy (non-hydrogen) atoms. The number of amides is 2. The lowest BCUT2D eigenvalue weighted by Gasteiger charge is -2.11. The lowest BCUT2D eigenvalue weighted by Crippen LogP contribution is -2.33. The number of aryl methyl sites for hydroxylation is 1. The summed E-state index contributed by atoms with van der Waals surface area (Å²) in [5.74, 6) is -0.677. The molecule has 2 amide bonds. The van der Waals surface area contributed by atoms with Crippen LogP contribution in [0.25, 0.3) is 6.08 Å². The Hall–Kier alpha value is -2.66. The standard InChI is InChI=1S/C19H15NO3S/c1-13-7-9-14(10-8-13)11-17-18(22)20(19(23)24-17)12-16(21)15-5-3-2-4-6-15/h2-11H,12H2,1H3/b17-11+. The number of Topliss-reactive ketones (excluding diaryl/α,β-unsaturated/α-hetero) is 1. The molecule has 4 nitrogen and oxygen atoms in total. The van der Waals surface area contributed by atoms with Crippen molar-refractivity contribution in [3.63, 3.8) is 0 Å². The first kappa shape index (κ1) is 16.2. The maximum Gasteiger partial charge on any atom is 0.293 e. The molecule has 1 aliphatic rings. The van der Waals surface area contributed by atoms with Gasteiger partial charge in [0, 0.05) is 5.56 Å². The number of rotatable bonds is 4. The van der Waals surface area contributed by atoms with Gasteiger partial charge in [0.05, 0.1) is 11.4 Å². The number of imide groups is 1. The Morgan fingerprint density at radius 1 is 1.04 bits per heavy atom. The van der Waals surface area contributed by atoms with Crippen LogP contribution in [-0.4, -0.2) is 28.4 Å². The molecule has 0 N–H and O–H groups in total. The summed E-state index contributed by atoms with van der Waals surface area (Å²) in [6, 6.07) is 16.3. The Morgan fingerprint density at radius 2 is 1.71 bits per heavy atom. The Balaban J connectivity index is 1.77. The summed E-state index contributed by atoms with van der Waals surface area (Å²) in [6.45, 7) is 1.74. The molecule has 3 rings (SSSR count). The van der Waals surface area contributed by atoms with Gasteiger partial charge in [0.15, 0.2) is 5.78 Å². The van der Waals surface area contributed by atoms with Crippen molar-refractivity contribution in [2.75, 3.05) is 6.54 Å². The zero-order valence-corrected chi connectivity index (χ0v) is 13.9. The van der Waals surface area contributed by atoms with Crippen molar-refractivity contribution >= 4 is 34.8 Å². The summed E-state index contributed by atoms with van der Waals surface area (Å²) in [6.07, 6.45) is 1.68. The molecule has 2 aromatic carbocycles. The van der Waals surface area contributed by atoms with Crippen LogP contribution in [0.1, 0.15) is 21.5 Å². The van der Waals surface area contributed by atoms with Crippen LogP contribution in [-0.2, 0) is 4.79 Å². The quantitative estimate of drug-likeness (QED) is 0.627. The van der Waals surface area contributed by atoms with E-state index in [4.69, 9.17) is 0 Å². The zero-order valence-electron chi connectivity index (χ0n) is 13.1. The highest BCUT2D eigenvalue weighted by atomic mass is 32.2. The van der Waals surface area contributed by atoms with E-state index < -0.39 is 11.1 Å². The van der Waals surface area contributed by atoms with Gasteiger partial charge in [-0.15, -0.1) is 0 Å². The van der Waals surface area contributed by atoms with E-state index in [-0.39, 0.29) is 12.3 Å². The van der Waals surface area contributed by atoms with Gasteiger partial charge in [-0.2, -0.15) is 0 Å². The number of hydrogen-bond acceptors (Lipinski definition) is 4. The molecule has 0 bridgehead atoms. The Labute approximate surface area is 144 Å². The molecule has 1 saturated heterocycles. The maximum absolute atomic E-state index is 12.4. The molecule has 0 atom stereocenters. The van der Waals surface area contributed by atoms with Crippen molar-refractivity contribution in [2.45, 2.75) is 6.92 Å². The second-order valence-electron chi connectivity index (χ2n) is 5.47. The van der Waals surface area contributed by atoms with Crippen molar-refractivity contribution in [2.24, 2.45) is 0 Å². The van der Waals surface area contributed by atoms with Gasteiger partial charge < -0.3 is 0 Å². The number of nitrogens with zero attached hydrogens (tertiary/aromatic N) is 1. The van der Waals surface area contributed by atoms with Gasteiger partial charge in [0.25, 0.3) is 11.1 Å². The van der Waals surface area contributed by atoms with E-state index >= 15 is 0 Å². The van der Waals surface area contributed by atoms with Crippen LogP contribution in [0.2, 0.25) is 0 Å². The van der Waals surface area contributed by atoms with E-state index in [2.05, 4.69) is 0 Å². The van der Waals surface area contributed by atoms with Crippen molar-refractivity contribution in [1.29, 1.82) is 0 Å². The smallest absolute Gasteiger partial charge is 0.292 e. The highest BCUT2D eigenvalue weighted by molar-refractivity contribution is 8.18. The Kier molecular flexibility index (Phi) is 4.62. The third-order valence-corrected chi connectivity index (χ3v) is 4.55. The van der Waals surface area contributed by atoms with Crippen molar-refractivity contribution in [3.8, 4) is 0 Å². The third kappa shape index (κ3) is 3.46. The first-order valence-corrected chi connectivity index (χ1v) is 8.26. The number of hydrogen-bond donors (Lipinski definition) is 0. The predicted molar refractivity (Wildman–Crippen MR) is 94.6 cm³/mol. The van der Waals surface area contributed by atoms with E-state index in [0.717, 1.165) is 27.8 Å². The first-order valence-electron chi connectivity index (χ1n) is 7.45. The zero-order chi connectivity index (χ0) is 17.1. The minimum absolute atomic E-state index is 0.236. The van der Waals surface area contributed by atoms with Gasteiger partial charge in [0.2, 0.25) is 0 Å². The molecule has 0 radical (unpaired) electrons. The molecule has 0 aliphatic carbocycles. The second-order valence-corrected chi connectivity index (χ2v) is 6.46. The topological polar surface area (TPSA) is 54.5 Å². The van der Waals surface area contributed by atoms with E-state index in [9.17, 15) is 14.4 Å². The number of benzene rings is 2. The lowest BCUT2D eigenvalue weighted by molar-refractivity contribution is -0.122. The van der Waals surface area contributed by atoms with E-state index in [1.807, 2.05) is 31.2 Å². The molecular weight excluding hydrogens is 322 g/mol. The fraction of sp³-hybridized carbons (Fsp3) is 0.105. The van der Waals surface area contributed by atoms with Crippen molar-refractivity contribution in [1.82, 2.24) is 4.90 Å². The molecule has 0 aromatic heterocycles. The fourth-order valence-electron chi connectivity index (χ4n) is 2.31. The molecule has 0 saturated carbocycles. The molecule has 2 aromatic rings. The predicted octanol–water partition coefficient (Wildman–Crippen LogP) is 3.91. The third-order valence-electron chi connectivity index (χ3n) is 3.65. The molecular formula is C19H15NO3S. The molecule has 1 fully saturated rings. The van der Waals surface area contributed by atoms with Crippen molar-refractivity contribution in [3.05, 3.63) is 76.2 Å². The second kappa shape index (κ2) is 6.84. The summed E-state index contributed by atoms with van der Waals surface area (Å²) in [7, 11) is 0. The van der Waals surface area contributed by atoms with E-state index in [1.54, 1.807) is 36.4 Å².